The zero-order valence-electron chi connectivity index (χ0n) is 26.7. The Kier molecular flexibility index (Phi) is 11.3. The molecule has 47 heavy (non-hydrogen) atoms. The number of ether oxygens (including phenoxy) is 2. The summed E-state index contributed by atoms with van der Waals surface area (Å²) in [6, 6.07) is 30.4. The number of hydrogen-bond donors (Lipinski definition) is 2. The topological polar surface area (TPSA) is 114 Å². The Labute approximate surface area is 277 Å². The van der Waals surface area contributed by atoms with E-state index in [1.165, 1.54) is 0 Å². The first kappa shape index (κ1) is 33.7. The minimum Gasteiger partial charge on any atom is -0.493 e. The molecule has 1 fully saturated rings. The highest BCUT2D eigenvalue weighted by Gasteiger charge is 2.31. The maximum absolute atomic E-state index is 14.0. The van der Waals surface area contributed by atoms with E-state index in [1.807, 2.05) is 78.9 Å². The lowest BCUT2D eigenvalue weighted by Gasteiger charge is -2.32. The van der Waals surface area contributed by atoms with E-state index in [4.69, 9.17) is 9.47 Å². The van der Waals surface area contributed by atoms with E-state index in [0.29, 0.717) is 36.4 Å². The molecule has 0 bridgehead atoms. The molecule has 1 aliphatic rings. The number of aryl methyl sites for hydroxylation is 1. The first-order chi connectivity index (χ1) is 22.8. The van der Waals surface area contributed by atoms with Gasteiger partial charge in [0.25, 0.3) is 0 Å². The lowest BCUT2D eigenvalue weighted by molar-refractivity contribution is -0.141. The van der Waals surface area contributed by atoms with Crippen molar-refractivity contribution < 1.29 is 27.5 Å². The summed E-state index contributed by atoms with van der Waals surface area (Å²) in [6.07, 6.45) is 2.81. The van der Waals surface area contributed by atoms with Crippen LogP contribution in [0.25, 0.3) is 0 Å². The van der Waals surface area contributed by atoms with Crippen molar-refractivity contribution in [2.45, 2.75) is 55.6 Å². The van der Waals surface area contributed by atoms with Gasteiger partial charge in [-0.1, -0.05) is 78.9 Å². The molecule has 1 atom stereocenters. The van der Waals surface area contributed by atoms with Gasteiger partial charge >= 0.3 is 0 Å². The van der Waals surface area contributed by atoms with E-state index in [9.17, 15) is 18.0 Å². The van der Waals surface area contributed by atoms with Crippen LogP contribution < -0.4 is 19.5 Å². The molecule has 0 aliphatic heterocycles. The third-order valence-electron chi connectivity index (χ3n) is 8.11. The fourth-order valence-corrected chi connectivity index (χ4v) is 6.70. The number of amides is 2. The maximum Gasteiger partial charge on any atom is 0.247 e. The number of rotatable bonds is 16. The van der Waals surface area contributed by atoms with Gasteiger partial charge in [-0.05, 0) is 72.2 Å². The van der Waals surface area contributed by atoms with Crippen molar-refractivity contribution in [2.24, 2.45) is 0 Å². The molecule has 0 heterocycles. The van der Waals surface area contributed by atoms with Crippen LogP contribution in [0.2, 0.25) is 0 Å². The molecule has 1 aliphatic carbocycles. The van der Waals surface area contributed by atoms with Gasteiger partial charge in [-0.2, -0.15) is 0 Å². The van der Waals surface area contributed by atoms with Crippen molar-refractivity contribution in [2.75, 3.05) is 20.8 Å². The van der Waals surface area contributed by atoms with E-state index < -0.39 is 16.1 Å². The molecule has 246 valence electrons. The van der Waals surface area contributed by atoms with Crippen LogP contribution in [-0.2, 0) is 39.0 Å². The van der Waals surface area contributed by atoms with Crippen LogP contribution >= 0.6 is 0 Å². The highest BCUT2D eigenvalue weighted by molar-refractivity contribution is 7.89. The molecule has 10 heteroatoms. The van der Waals surface area contributed by atoms with Crippen molar-refractivity contribution in [3.8, 4) is 11.5 Å². The van der Waals surface area contributed by atoms with Crippen LogP contribution in [0.4, 0.5) is 0 Å². The van der Waals surface area contributed by atoms with Gasteiger partial charge in [0.1, 0.15) is 6.04 Å². The Bertz CT molecular complexity index is 1740. The smallest absolute Gasteiger partial charge is 0.247 e. The normalized spacial score (nSPS) is 13.4. The maximum atomic E-state index is 14.0. The van der Waals surface area contributed by atoms with Crippen LogP contribution in [0.3, 0.4) is 0 Å². The molecule has 0 unspecified atom stereocenters. The largest absolute Gasteiger partial charge is 0.493 e. The molecule has 4 aromatic carbocycles. The first-order valence-corrected chi connectivity index (χ1v) is 17.2. The molecule has 0 aromatic heterocycles. The van der Waals surface area contributed by atoms with Crippen LogP contribution in [-0.4, -0.2) is 51.9 Å². The molecule has 0 spiro atoms. The molecule has 9 nitrogen and oxygen atoms in total. The summed E-state index contributed by atoms with van der Waals surface area (Å²) in [7, 11) is -0.392. The third-order valence-corrected chi connectivity index (χ3v) is 9.65. The SMILES string of the molecule is COc1ccc(CCNC(=O)[C@@H](c2ccccc2)N(Cc2ccccc2)C(=O)CCc2ccc(S(=O)(=O)NC3CC3)cc2)cc1OC. The van der Waals surface area contributed by atoms with E-state index in [0.717, 1.165) is 29.5 Å². The fraction of sp³-hybridized carbons (Fsp3) is 0.297. The highest BCUT2D eigenvalue weighted by atomic mass is 32.2. The Balaban J connectivity index is 1.33. The predicted octanol–water partition coefficient (Wildman–Crippen LogP) is 5.21. The van der Waals surface area contributed by atoms with Crippen LogP contribution in [0.15, 0.2) is 108 Å². The molecule has 0 saturated heterocycles. The second kappa shape index (κ2) is 15.8. The predicted molar refractivity (Wildman–Crippen MR) is 181 cm³/mol. The van der Waals surface area contributed by atoms with E-state index in [2.05, 4.69) is 10.0 Å². The van der Waals surface area contributed by atoms with Gasteiger partial charge in [-0.15, -0.1) is 0 Å². The minimum atomic E-state index is -3.56. The average molecular weight is 656 g/mol. The van der Waals surface area contributed by atoms with E-state index >= 15 is 0 Å². The summed E-state index contributed by atoms with van der Waals surface area (Å²) in [5.41, 5.74) is 3.41. The molecule has 1 saturated carbocycles. The average Bonchev–Trinajstić information content (AvgIpc) is 3.91. The van der Waals surface area contributed by atoms with Crippen molar-refractivity contribution in [3.05, 3.63) is 125 Å². The molecular formula is C37H41N3O6S. The van der Waals surface area contributed by atoms with Crippen molar-refractivity contribution in [1.29, 1.82) is 0 Å². The number of sulfonamides is 1. The Hall–Kier alpha value is -4.67. The quantitative estimate of drug-likeness (QED) is 0.172. The minimum absolute atomic E-state index is 0.0219. The zero-order valence-corrected chi connectivity index (χ0v) is 27.5. The van der Waals surface area contributed by atoms with Gasteiger partial charge in [0, 0.05) is 25.6 Å². The third kappa shape index (κ3) is 9.21. The van der Waals surface area contributed by atoms with Crippen LogP contribution in [0.1, 0.15) is 47.6 Å². The molecule has 2 N–H and O–H groups in total. The van der Waals surface area contributed by atoms with Crippen LogP contribution in [0, 0.1) is 0 Å². The second-order valence-electron chi connectivity index (χ2n) is 11.6. The second-order valence-corrected chi connectivity index (χ2v) is 13.3. The number of hydrogen-bond acceptors (Lipinski definition) is 6. The standard InChI is InChI=1S/C37H41N3O6S/c1-45-33-21-15-28(25-34(33)46-2)23-24-38-37(42)36(30-11-7-4-8-12-30)40(26-29-9-5-3-6-10-29)35(41)22-16-27-13-19-32(20-14-27)47(43,44)39-31-17-18-31/h3-15,19-21,25,31,36,39H,16-18,22-24,26H2,1-2H3,(H,38,42)/t36-/m1/s1. The van der Waals surface area contributed by atoms with Crippen LogP contribution in [0.5, 0.6) is 11.5 Å². The Morgan fingerprint density at radius 1 is 0.787 bits per heavy atom. The van der Waals surface area contributed by atoms with Gasteiger partial charge in [0.2, 0.25) is 21.8 Å². The number of benzene rings is 4. The first-order valence-electron chi connectivity index (χ1n) is 15.8. The Morgan fingerprint density at radius 2 is 1.43 bits per heavy atom. The number of carbonyl (C=O) groups excluding carboxylic acids is 2. The molecule has 0 radical (unpaired) electrons. The van der Waals surface area contributed by atoms with E-state index in [1.54, 1.807) is 43.4 Å². The summed E-state index contributed by atoms with van der Waals surface area (Å²) < 4.78 is 38.6. The van der Waals surface area contributed by atoms with Crippen molar-refractivity contribution in [3.63, 3.8) is 0 Å². The highest BCUT2D eigenvalue weighted by Crippen LogP contribution is 2.28. The summed E-state index contributed by atoms with van der Waals surface area (Å²) in [5, 5.41) is 3.06. The number of nitrogens with zero attached hydrogens (tertiary/aromatic N) is 1. The molecule has 2 amide bonds. The monoisotopic (exact) mass is 655 g/mol. The summed E-state index contributed by atoms with van der Waals surface area (Å²) in [6.45, 7) is 0.599. The van der Waals surface area contributed by atoms with Gasteiger partial charge < -0.3 is 19.7 Å². The van der Waals surface area contributed by atoms with E-state index in [-0.39, 0.29) is 35.7 Å². The van der Waals surface area contributed by atoms with Crippen molar-refractivity contribution in [1.82, 2.24) is 14.9 Å². The molecule has 4 aromatic rings. The fourth-order valence-electron chi connectivity index (χ4n) is 5.39. The number of methoxy groups -OCH3 is 2. The van der Waals surface area contributed by atoms with Gasteiger partial charge in [0.15, 0.2) is 11.5 Å². The molecule has 5 rings (SSSR count). The summed E-state index contributed by atoms with van der Waals surface area (Å²) in [5.74, 6) is 0.777. The number of nitrogens with one attached hydrogen (secondary N) is 2. The number of carbonyl (C=O) groups is 2. The Morgan fingerprint density at radius 3 is 2.06 bits per heavy atom. The summed E-state index contributed by atoms with van der Waals surface area (Å²) in [4.78, 5) is 29.8. The summed E-state index contributed by atoms with van der Waals surface area (Å²) >= 11 is 0. The van der Waals surface area contributed by atoms with Crippen molar-refractivity contribution >= 4 is 21.8 Å². The lowest BCUT2D eigenvalue weighted by atomic mass is 10.0. The van der Waals surface area contributed by atoms with Gasteiger partial charge in [-0.25, -0.2) is 13.1 Å². The zero-order chi connectivity index (χ0) is 33.2. The van der Waals surface area contributed by atoms with Gasteiger partial charge in [0.05, 0.1) is 19.1 Å². The lowest BCUT2D eigenvalue weighted by Crippen LogP contribution is -2.44. The molecular weight excluding hydrogens is 614 g/mol. The van der Waals surface area contributed by atoms with Gasteiger partial charge in [-0.3, -0.25) is 9.59 Å².